The molecule has 1 unspecified atom stereocenters. The quantitative estimate of drug-likeness (QED) is 0.586. The number of ketones is 1. The first-order valence-electron chi connectivity index (χ1n) is 8.78. The van der Waals surface area contributed by atoms with Crippen LogP contribution in [0.3, 0.4) is 0 Å². The maximum atomic E-state index is 12.5. The van der Waals surface area contributed by atoms with Gasteiger partial charge >= 0.3 is 0 Å². The highest BCUT2D eigenvalue weighted by Crippen LogP contribution is 2.35. The number of hydrogen-bond acceptors (Lipinski definition) is 4. The van der Waals surface area contributed by atoms with Crippen LogP contribution in [-0.4, -0.2) is 30.9 Å². The molecule has 0 bridgehead atoms. The van der Waals surface area contributed by atoms with E-state index in [2.05, 4.69) is 0 Å². The van der Waals surface area contributed by atoms with Gasteiger partial charge in [0, 0.05) is 12.1 Å². The molecule has 2 aromatic carbocycles. The fourth-order valence-electron chi connectivity index (χ4n) is 2.90. The molecule has 1 atom stereocenters. The second kappa shape index (κ2) is 7.60. The molecular formula is C21H23NO4. The van der Waals surface area contributed by atoms with Gasteiger partial charge in [-0.1, -0.05) is 17.7 Å². The molecule has 5 heteroatoms. The van der Waals surface area contributed by atoms with Crippen LogP contribution in [0.4, 0.5) is 5.69 Å². The van der Waals surface area contributed by atoms with Gasteiger partial charge in [0.1, 0.15) is 11.5 Å². The molecule has 0 aliphatic carbocycles. The number of amides is 1. The van der Waals surface area contributed by atoms with Crippen molar-refractivity contribution in [2.24, 2.45) is 0 Å². The van der Waals surface area contributed by atoms with E-state index < -0.39 is 6.10 Å². The molecule has 26 heavy (non-hydrogen) atoms. The lowest BCUT2D eigenvalue weighted by Crippen LogP contribution is -2.45. The van der Waals surface area contributed by atoms with Crippen LogP contribution in [-0.2, 0) is 4.79 Å². The molecule has 0 aromatic heterocycles. The highest BCUT2D eigenvalue weighted by atomic mass is 16.5. The van der Waals surface area contributed by atoms with Crippen LogP contribution >= 0.6 is 0 Å². The Labute approximate surface area is 153 Å². The Hall–Kier alpha value is -2.82. The van der Waals surface area contributed by atoms with E-state index in [0.29, 0.717) is 36.6 Å². The van der Waals surface area contributed by atoms with Crippen LogP contribution in [0.2, 0.25) is 0 Å². The van der Waals surface area contributed by atoms with Crippen molar-refractivity contribution in [2.75, 3.05) is 18.1 Å². The Morgan fingerprint density at radius 2 is 1.92 bits per heavy atom. The average Bonchev–Trinajstić information content (AvgIpc) is 2.62. The van der Waals surface area contributed by atoms with Crippen molar-refractivity contribution in [3.05, 3.63) is 53.6 Å². The molecule has 0 radical (unpaired) electrons. The van der Waals surface area contributed by atoms with Crippen molar-refractivity contribution in [1.29, 1.82) is 0 Å². The van der Waals surface area contributed by atoms with E-state index >= 15 is 0 Å². The Bertz CT molecular complexity index is 813. The monoisotopic (exact) mass is 353 g/mol. The van der Waals surface area contributed by atoms with E-state index in [1.165, 1.54) is 12.5 Å². The van der Waals surface area contributed by atoms with Crippen LogP contribution in [0.1, 0.15) is 36.2 Å². The summed E-state index contributed by atoms with van der Waals surface area (Å²) in [7, 11) is 0. The molecule has 2 aromatic rings. The number of hydrogen-bond donors (Lipinski definition) is 0. The number of anilines is 1. The largest absolute Gasteiger partial charge is 0.494 e. The van der Waals surface area contributed by atoms with Gasteiger partial charge in [-0.05, 0) is 57.5 Å². The zero-order valence-corrected chi connectivity index (χ0v) is 15.3. The number of ether oxygens (including phenoxy) is 2. The standard InChI is InChI=1S/C21H23NO4/c1-14-5-8-18(9-6-14)25-12-4-11-22-19-13-17(15(2)23)7-10-20(19)26-16(3)21(22)24/h5-10,13,16H,4,11-12H2,1-3H3. The smallest absolute Gasteiger partial charge is 0.267 e. The van der Waals surface area contributed by atoms with Crippen molar-refractivity contribution < 1.29 is 19.1 Å². The Morgan fingerprint density at radius 3 is 2.62 bits per heavy atom. The maximum Gasteiger partial charge on any atom is 0.267 e. The van der Waals surface area contributed by atoms with Gasteiger partial charge in [0.25, 0.3) is 5.91 Å². The first-order chi connectivity index (χ1) is 12.5. The third-order valence-electron chi connectivity index (χ3n) is 4.39. The zero-order chi connectivity index (χ0) is 18.7. The summed E-state index contributed by atoms with van der Waals surface area (Å²) in [5.41, 5.74) is 2.40. The highest BCUT2D eigenvalue weighted by molar-refractivity contribution is 6.02. The summed E-state index contributed by atoms with van der Waals surface area (Å²) in [5, 5.41) is 0. The van der Waals surface area contributed by atoms with Crippen LogP contribution in [0.5, 0.6) is 11.5 Å². The average molecular weight is 353 g/mol. The third kappa shape index (κ3) is 3.87. The molecule has 3 rings (SSSR count). The summed E-state index contributed by atoms with van der Waals surface area (Å²) >= 11 is 0. The predicted molar refractivity (Wildman–Crippen MR) is 100 cm³/mol. The maximum absolute atomic E-state index is 12.5. The SMILES string of the molecule is CC(=O)c1ccc2c(c1)N(CCCOc1ccc(C)cc1)C(=O)C(C)O2. The normalized spacial score (nSPS) is 16.0. The minimum Gasteiger partial charge on any atom is -0.494 e. The molecule has 1 heterocycles. The number of fused-ring (bicyclic) bond motifs is 1. The molecule has 0 N–H and O–H groups in total. The summed E-state index contributed by atoms with van der Waals surface area (Å²) in [5.74, 6) is 1.30. The van der Waals surface area contributed by atoms with E-state index in [4.69, 9.17) is 9.47 Å². The first kappa shape index (κ1) is 18.0. The van der Waals surface area contributed by atoms with E-state index in [1.54, 1.807) is 30.0 Å². The molecular weight excluding hydrogens is 330 g/mol. The number of benzene rings is 2. The number of aryl methyl sites for hydroxylation is 1. The molecule has 0 fully saturated rings. The van der Waals surface area contributed by atoms with Gasteiger partial charge in [-0.2, -0.15) is 0 Å². The van der Waals surface area contributed by atoms with Gasteiger partial charge in [-0.15, -0.1) is 0 Å². The molecule has 1 amide bonds. The first-order valence-corrected chi connectivity index (χ1v) is 8.78. The summed E-state index contributed by atoms with van der Waals surface area (Å²) in [6.45, 7) is 6.29. The fourth-order valence-corrected chi connectivity index (χ4v) is 2.90. The Balaban J connectivity index is 1.68. The van der Waals surface area contributed by atoms with Gasteiger partial charge in [0.05, 0.1) is 12.3 Å². The minimum atomic E-state index is -0.538. The summed E-state index contributed by atoms with van der Waals surface area (Å²) in [6.07, 6.45) is 0.138. The van der Waals surface area contributed by atoms with Crippen LogP contribution in [0.15, 0.2) is 42.5 Å². The van der Waals surface area contributed by atoms with E-state index in [-0.39, 0.29) is 11.7 Å². The summed E-state index contributed by atoms with van der Waals surface area (Å²) < 4.78 is 11.4. The predicted octanol–water partition coefficient (Wildman–Crippen LogP) is 3.78. The molecule has 0 spiro atoms. The van der Waals surface area contributed by atoms with Gasteiger partial charge in [-0.3, -0.25) is 9.59 Å². The number of nitrogens with zero attached hydrogens (tertiary/aromatic N) is 1. The molecule has 136 valence electrons. The fraction of sp³-hybridized carbons (Fsp3) is 0.333. The van der Waals surface area contributed by atoms with Gasteiger partial charge in [-0.25, -0.2) is 0 Å². The second-order valence-corrected chi connectivity index (χ2v) is 6.50. The van der Waals surface area contributed by atoms with E-state index in [9.17, 15) is 9.59 Å². The van der Waals surface area contributed by atoms with E-state index in [0.717, 1.165) is 5.75 Å². The van der Waals surface area contributed by atoms with Gasteiger partial charge in [0.2, 0.25) is 0 Å². The van der Waals surface area contributed by atoms with Crippen molar-refractivity contribution in [3.63, 3.8) is 0 Å². The van der Waals surface area contributed by atoms with Crippen molar-refractivity contribution in [3.8, 4) is 11.5 Å². The third-order valence-corrected chi connectivity index (χ3v) is 4.39. The second-order valence-electron chi connectivity index (χ2n) is 6.50. The molecule has 5 nitrogen and oxygen atoms in total. The molecule has 1 aliphatic rings. The topological polar surface area (TPSA) is 55.8 Å². The number of Topliss-reactive ketones (excluding diaryl/α,β-unsaturated/α-hetero) is 1. The van der Waals surface area contributed by atoms with Gasteiger partial charge in [0.15, 0.2) is 11.9 Å². The van der Waals surface area contributed by atoms with Crippen molar-refractivity contribution in [2.45, 2.75) is 33.3 Å². The summed E-state index contributed by atoms with van der Waals surface area (Å²) in [4.78, 5) is 25.9. The number of carbonyl (C=O) groups excluding carboxylic acids is 2. The molecule has 0 saturated carbocycles. The lowest BCUT2D eigenvalue weighted by atomic mass is 10.1. The Morgan fingerprint density at radius 1 is 1.19 bits per heavy atom. The number of carbonyl (C=O) groups is 2. The van der Waals surface area contributed by atoms with E-state index in [1.807, 2.05) is 31.2 Å². The van der Waals surface area contributed by atoms with Crippen molar-refractivity contribution >= 4 is 17.4 Å². The summed E-state index contributed by atoms with van der Waals surface area (Å²) in [6, 6.07) is 13.1. The minimum absolute atomic E-state index is 0.0403. The van der Waals surface area contributed by atoms with Gasteiger partial charge < -0.3 is 14.4 Å². The Kier molecular flexibility index (Phi) is 5.26. The van der Waals surface area contributed by atoms with Crippen LogP contribution in [0, 0.1) is 6.92 Å². The van der Waals surface area contributed by atoms with Crippen LogP contribution in [0.25, 0.3) is 0 Å². The van der Waals surface area contributed by atoms with Crippen LogP contribution < -0.4 is 14.4 Å². The van der Waals surface area contributed by atoms with Crippen molar-refractivity contribution in [1.82, 2.24) is 0 Å². The number of rotatable bonds is 6. The lowest BCUT2D eigenvalue weighted by Gasteiger charge is -2.33. The molecule has 0 saturated heterocycles. The highest BCUT2D eigenvalue weighted by Gasteiger charge is 2.31. The zero-order valence-electron chi connectivity index (χ0n) is 15.3. The molecule has 1 aliphatic heterocycles. The lowest BCUT2D eigenvalue weighted by molar-refractivity contribution is -0.125.